The molecule has 0 saturated heterocycles. The zero-order valence-electron chi connectivity index (χ0n) is 3.20. The summed E-state index contributed by atoms with van der Waals surface area (Å²) in [6, 6.07) is 0. The molecular weight excluding hydrogens is 227 g/mol. The van der Waals surface area contributed by atoms with Crippen LogP contribution in [0.3, 0.4) is 0 Å². The maximum atomic E-state index is 8.34. The van der Waals surface area contributed by atoms with Crippen molar-refractivity contribution in [2.45, 2.75) is 0 Å². The summed E-state index contributed by atoms with van der Waals surface area (Å²) in [6.07, 6.45) is 0. The van der Waals surface area contributed by atoms with Crippen molar-refractivity contribution in [1.82, 2.24) is 0 Å². The van der Waals surface area contributed by atoms with E-state index in [4.69, 9.17) is 22.3 Å². The van der Waals surface area contributed by atoms with Gasteiger partial charge in [0.2, 0.25) is 0 Å². The van der Waals surface area contributed by atoms with Crippen molar-refractivity contribution < 1.29 is 22.3 Å². The van der Waals surface area contributed by atoms with Gasteiger partial charge in [-0.25, -0.2) is 0 Å². The average molecular weight is 231 g/mol. The quantitative estimate of drug-likeness (QED) is 0.331. The van der Waals surface area contributed by atoms with E-state index in [0.29, 0.717) is 22.5 Å². The van der Waals surface area contributed by atoms with Crippen molar-refractivity contribution in [2.75, 3.05) is 0 Å². The Kier molecular flexibility index (Phi) is 7.28. The van der Waals surface area contributed by atoms with Crippen LogP contribution in [0.25, 0.3) is 0 Å². The molecule has 0 bridgehead atoms. The van der Waals surface area contributed by atoms with Gasteiger partial charge in [-0.3, -0.25) is 0 Å². The Morgan fingerprint density at radius 3 is 1.00 bits per heavy atom. The fourth-order valence-electron chi connectivity index (χ4n) is 0. The van der Waals surface area contributed by atoms with Crippen molar-refractivity contribution in [2.24, 2.45) is 0 Å². The first-order valence-corrected chi connectivity index (χ1v) is 4.05. The average Bonchev–Trinajstić information content (AvgIpc) is 1.36. The van der Waals surface area contributed by atoms with Crippen LogP contribution in [-0.2, 0) is 3.08 Å². The number of hydrogen-bond acceptors (Lipinski definition) is 5. The summed E-state index contributed by atoms with van der Waals surface area (Å²) < 4.78 is 8.34. The monoisotopic (exact) mass is 232 g/mol. The Balaban J connectivity index is 0. The molecule has 0 aliphatic rings. The Morgan fingerprint density at radius 2 is 1.00 bits per heavy atom. The van der Waals surface area contributed by atoms with Crippen LogP contribution >= 0.6 is 0 Å². The summed E-state index contributed by atoms with van der Waals surface area (Å²) in [5.74, 6) is 0. The van der Waals surface area contributed by atoms with E-state index in [9.17, 15) is 0 Å². The summed E-state index contributed by atoms with van der Waals surface area (Å²) in [5.41, 5.74) is 0. The van der Waals surface area contributed by atoms with Crippen LogP contribution in [0.2, 0.25) is 0 Å². The first kappa shape index (κ1) is 10.6. The van der Waals surface area contributed by atoms with E-state index < -0.39 is 9.05 Å². The SMILES string of the molecule is O[Si](O)(O)O.[O]=[Sn]. The molecule has 0 spiro atoms. The van der Waals surface area contributed by atoms with Gasteiger partial charge in [-0.1, -0.05) is 0 Å². The molecule has 0 unspecified atom stereocenters. The van der Waals surface area contributed by atoms with Crippen molar-refractivity contribution in [1.29, 1.82) is 0 Å². The molecule has 4 N–H and O–H groups in total. The number of rotatable bonds is 0. The molecule has 7 heavy (non-hydrogen) atoms. The van der Waals surface area contributed by atoms with E-state index in [1.165, 1.54) is 0 Å². The van der Waals surface area contributed by atoms with Crippen LogP contribution in [0.5, 0.6) is 0 Å². The second kappa shape index (κ2) is 4.81. The summed E-state index contributed by atoms with van der Waals surface area (Å²) >= 11 is 0.300. The van der Waals surface area contributed by atoms with Gasteiger partial charge in [-0.15, -0.1) is 0 Å². The Morgan fingerprint density at radius 1 is 1.00 bits per heavy atom. The fraction of sp³-hybridized carbons (Fsp3) is 0. The Hall–Kier alpha value is 0.656. The van der Waals surface area contributed by atoms with Crippen molar-refractivity contribution in [3.63, 3.8) is 0 Å². The molecular formula is H4O5SiSn. The molecule has 0 heterocycles. The zero-order chi connectivity index (χ0) is 6.50. The minimum atomic E-state index is -4.61. The van der Waals surface area contributed by atoms with Gasteiger partial charge >= 0.3 is 34.6 Å². The van der Waals surface area contributed by atoms with E-state index >= 15 is 0 Å². The van der Waals surface area contributed by atoms with Crippen molar-refractivity contribution >= 4 is 31.6 Å². The molecule has 42 valence electrons. The molecule has 0 aromatic carbocycles. The van der Waals surface area contributed by atoms with Gasteiger partial charge < -0.3 is 19.2 Å². The first-order chi connectivity index (χ1) is 3.00. The van der Waals surface area contributed by atoms with Gasteiger partial charge in [-0.05, 0) is 0 Å². The second-order valence-electron chi connectivity index (χ2n) is 0.600. The summed E-state index contributed by atoms with van der Waals surface area (Å²) in [6.45, 7) is 0. The predicted molar refractivity (Wildman–Crippen MR) is 21.1 cm³/mol. The molecule has 2 radical (unpaired) electrons. The third-order valence-corrected chi connectivity index (χ3v) is 0. The molecule has 0 aromatic rings. The van der Waals surface area contributed by atoms with Gasteiger partial charge in [0.1, 0.15) is 0 Å². The van der Waals surface area contributed by atoms with E-state index in [0.717, 1.165) is 0 Å². The second-order valence-corrected chi connectivity index (χ2v) is 1.80. The van der Waals surface area contributed by atoms with E-state index in [1.807, 2.05) is 0 Å². The standard InChI is InChI=1S/H4O4Si.O.Sn/c1-5(2,3)4;;/h1-4H;;. The summed E-state index contributed by atoms with van der Waals surface area (Å²) in [5, 5.41) is 0. The van der Waals surface area contributed by atoms with Crippen LogP contribution in [0.15, 0.2) is 0 Å². The van der Waals surface area contributed by atoms with Crippen molar-refractivity contribution in [3.05, 3.63) is 0 Å². The third kappa shape index (κ3) is 336. The van der Waals surface area contributed by atoms with Crippen LogP contribution in [0.4, 0.5) is 0 Å². The third-order valence-electron chi connectivity index (χ3n) is 0. The molecule has 0 atom stereocenters. The molecule has 0 aliphatic carbocycles. The Bertz CT molecular complexity index is 31.8. The van der Waals surface area contributed by atoms with Gasteiger partial charge in [0.15, 0.2) is 0 Å². The van der Waals surface area contributed by atoms with Gasteiger partial charge in [0.25, 0.3) is 0 Å². The van der Waals surface area contributed by atoms with Crippen molar-refractivity contribution in [3.8, 4) is 0 Å². The van der Waals surface area contributed by atoms with Gasteiger partial charge in [0.05, 0.1) is 0 Å². The molecule has 5 nitrogen and oxygen atoms in total. The molecule has 0 rings (SSSR count). The van der Waals surface area contributed by atoms with Crippen LogP contribution in [0.1, 0.15) is 0 Å². The maximum absolute atomic E-state index is 8.34. The fourth-order valence-corrected chi connectivity index (χ4v) is 0. The predicted octanol–water partition coefficient (Wildman–Crippen LogP) is -3.11. The summed E-state index contributed by atoms with van der Waals surface area (Å²) in [7, 11) is -4.61. The molecule has 0 aliphatic heterocycles. The molecule has 0 aromatic heterocycles. The van der Waals surface area contributed by atoms with Gasteiger partial charge in [-0.2, -0.15) is 0 Å². The minimum absolute atomic E-state index is 0.300. The molecule has 0 fully saturated rings. The van der Waals surface area contributed by atoms with Crippen LogP contribution < -0.4 is 0 Å². The van der Waals surface area contributed by atoms with E-state index in [2.05, 4.69) is 0 Å². The summed E-state index contributed by atoms with van der Waals surface area (Å²) in [4.78, 5) is 29.3. The normalized spacial score (nSPS) is 9.14. The topological polar surface area (TPSA) is 98.0 Å². The molecule has 0 amide bonds. The van der Waals surface area contributed by atoms with E-state index in [1.54, 1.807) is 0 Å². The van der Waals surface area contributed by atoms with Crippen LogP contribution in [0, 0.1) is 0 Å². The van der Waals surface area contributed by atoms with E-state index in [-0.39, 0.29) is 0 Å². The zero-order valence-corrected chi connectivity index (χ0v) is 7.05. The van der Waals surface area contributed by atoms with Gasteiger partial charge in [0, 0.05) is 0 Å². The Labute approximate surface area is 54.2 Å². The first-order valence-electron chi connectivity index (χ1n) is 1.10. The molecule has 0 saturated carbocycles. The number of hydrogen-bond donors (Lipinski definition) is 4. The molecule has 7 heteroatoms. The van der Waals surface area contributed by atoms with Crippen LogP contribution in [-0.4, -0.2) is 50.7 Å².